The normalized spacial score (nSPS) is 10.4. The number of nitrogens with one attached hydrogen (secondary N) is 1. The van der Waals surface area contributed by atoms with E-state index in [1.165, 1.54) is 11.1 Å². The van der Waals surface area contributed by atoms with E-state index in [1.807, 2.05) is 19.9 Å². The number of benzene rings is 1. The van der Waals surface area contributed by atoms with Gasteiger partial charge in [-0.1, -0.05) is 6.07 Å². The molecule has 0 unspecified atom stereocenters. The molecule has 1 N–H and O–H groups in total. The smallest absolute Gasteiger partial charge is 0.272 e. The van der Waals surface area contributed by atoms with Crippen LogP contribution in [0, 0.1) is 13.8 Å². The summed E-state index contributed by atoms with van der Waals surface area (Å²) in [5.74, 6) is -0.0333. The Hall–Kier alpha value is -2.36. The molecule has 0 saturated carbocycles. The first-order chi connectivity index (χ1) is 10.5. The number of anilines is 2. The minimum absolute atomic E-state index is 0.0333. The van der Waals surface area contributed by atoms with Crippen LogP contribution in [0.15, 0.2) is 36.5 Å². The molecule has 116 valence electrons. The van der Waals surface area contributed by atoms with E-state index >= 15 is 0 Å². The number of rotatable bonds is 5. The van der Waals surface area contributed by atoms with Crippen LogP contribution >= 0.6 is 0 Å². The number of hydrogen-bond acceptors (Lipinski definition) is 3. The number of nitrogens with zero attached hydrogens (tertiary/aromatic N) is 2. The number of amides is 1. The van der Waals surface area contributed by atoms with Crippen molar-refractivity contribution in [2.24, 2.45) is 0 Å². The maximum absolute atomic E-state index is 12.4. The second-order valence-electron chi connectivity index (χ2n) is 5.41. The van der Waals surface area contributed by atoms with Crippen molar-refractivity contribution in [1.29, 1.82) is 0 Å². The minimum Gasteiger partial charge on any atom is -0.355 e. The number of carbonyl (C=O) groups excluding carboxylic acids is 1. The number of carbonyl (C=O) groups is 1. The van der Waals surface area contributed by atoms with Gasteiger partial charge in [0.15, 0.2) is 0 Å². The van der Waals surface area contributed by atoms with E-state index < -0.39 is 0 Å². The van der Waals surface area contributed by atoms with Crippen LogP contribution in [0.5, 0.6) is 0 Å². The molecule has 4 nitrogen and oxygen atoms in total. The molecule has 0 aliphatic heterocycles. The van der Waals surface area contributed by atoms with E-state index in [9.17, 15) is 4.79 Å². The van der Waals surface area contributed by atoms with Gasteiger partial charge in [-0.25, -0.2) is 0 Å². The van der Waals surface area contributed by atoms with Gasteiger partial charge >= 0.3 is 0 Å². The number of aromatic nitrogens is 1. The molecule has 1 heterocycles. The minimum atomic E-state index is -0.0333. The summed E-state index contributed by atoms with van der Waals surface area (Å²) < 4.78 is 0. The van der Waals surface area contributed by atoms with Gasteiger partial charge in [-0.05, 0) is 63.1 Å². The van der Waals surface area contributed by atoms with Gasteiger partial charge in [0, 0.05) is 30.7 Å². The first kappa shape index (κ1) is 16.0. The average Bonchev–Trinajstić information content (AvgIpc) is 2.47. The molecular weight excluding hydrogens is 274 g/mol. The van der Waals surface area contributed by atoms with E-state index in [4.69, 9.17) is 0 Å². The number of aryl methyl sites for hydroxylation is 2. The van der Waals surface area contributed by atoms with Gasteiger partial charge in [-0.2, -0.15) is 0 Å². The maximum atomic E-state index is 12.4. The lowest BCUT2D eigenvalue weighted by atomic mass is 10.1. The van der Waals surface area contributed by atoms with E-state index in [-0.39, 0.29) is 5.91 Å². The lowest BCUT2D eigenvalue weighted by Crippen LogP contribution is -2.31. The molecule has 1 aromatic carbocycles. The Morgan fingerprint density at radius 3 is 2.27 bits per heavy atom. The standard InChI is InChI=1S/C18H23N3O/c1-5-21(6-2)18(22)17-12-15(7-8-19-17)20-16-10-13(3)9-14(4)11-16/h7-12H,5-6H2,1-4H3,(H,19,20). The van der Waals surface area contributed by atoms with Crippen molar-refractivity contribution in [3.63, 3.8) is 0 Å². The Labute approximate surface area is 132 Å². The summed E-state index contributed by atoms with van der Waals surface area (Å²) in [6.45, 7) is 9.45. The fourth-order valence-corrected chi connectivity index (χ4v) is 2.51. The summed E-state index contributed by atoms with van der Waals surface area (Å²) in [6, 6.07) is 9.97. The van der Waals surface area contributed by atoms with E-state index in [1.54, 1.807) is 17.2 Å². The van der Waals surface area contributed by atoms with Crippen LogP contribution in [0.1, 0.15) is 35.5 Å². The Kier molecular flexibility index (Phi) is 5.15. The first-order valence-electron chi connectivity index (χ1n) is 7.64. The molecule has 0 spiro atoms. The van der Waals surface area contributed by atoms with Gasteiger partial charge in [-0.15, -0.1) is 0 Å². The Morgan fingerprint density at radius 2 is 1.68 bits per heavy atom. The third-order valence-electron chi connectivity index (χ3n) is 3.54. The summed E-state index contributed by atoms with van der Waals surface area (Å²) in [6.07, 6.45) is 1.67. The highest BCUT2D eigenvalue weighted by Gasteiger charge is 2.14. The van der Waals surface area contributed by atoms with Crippen LogP contribution in [-0.2, 0) is 0 Å². The molecule has 22 heavy (non-hydrogen) atoms. The third-order valence-corrected chi connectivity index (χ3v) is 3.54. The molecule has 0 aliphatic carbocycles. The summed E-state index contributed by atoms with van der Waals surface area (Å²) in [7, 11) is 0. The number of pyridine rings is 1. The Morgan fingerprint density at radius 1 is 1.05 bits per heavy atom. The molecule has 1 amide bonds. The quantitative estimate of drug-likeness (QED) is 0.909. The van der Waals surface area contributed by atoms with Crippen LogP contribution in [0.2, 0.25) is 0 Å². The molecular formula is C18H23N3O. The first-order valence-corrected chi connectivity index (χ1v) is 7.64. The van der Waals surface area contributed by atoms with Gasteiger partial charge in [0.25, 0.3) is 5.91 Å². The molecule has 0 aliphatic rings. The van der Waals surface area contributed by atoms with Crippen molar-refractivity contribution in [3.8, 4) is 0 Å². The maximum Gasteiger partial charge on any atom is 0.272 e. The second kappa shape index (κ2) is 7.07. The largest absolute Gasteiger partial charge is 0.355 e. The van der Waals surface area contributed by atoms with Crippen LogP contribution in [0.3, 0.4) is 0 Å². The van der Waals surface area contributed by atoms with E-state index in [0.29, 0.717) is 18.8 Å². The highest BCUT2D eigenvalue weighted by atomic mass is 16.2. The van der Waals surface area contributed by atoms with Crippen molar-refractivity contribution >= 4 is 17.3 Å². The monoisotopic (exact) mass is 297 g/mol. The molecule has 0 bridgehead atoms. The topological polar surface area (TPSA) is 45.2 Å². The molecule has 1 aromatic heterocycles. The summed E-state index contributed by atoms with van der Waals surface area (Å²) in [5.41, 5.74) is 4.77. The zero-order valence-corrected chi connectivity index (χ0v) is 13.7. The lowest BCUT2D eigenvalue weighted by Gasteiger charge is -2.18. The van der Waals surface area contributed by atoms with E-state index in [0.717, 1.165) is 11.4 Å². The zero-order valence-electron chi connectivity index (χ0n) is 13.7. The van der Waals surface area contributed by atoms with Crippen molar-refractivity contribution in [2.45, 2.75) is 27.7 Å². The van der Waals surface area contributed by atoms with Crippen LogP contribution < -0.4 is 5.32 Å². The molecule has 2 aromatic rings. The van der Waals surface area contributed by atoms with Crippen molar-refractivity contribution in [3.05, 3.63) is 53.3 Å². The predicted molar refractivity (Wildman–Crippen MR) is 90.7 cm³/mol. The zero-order chi connectivity index (χ0) is 16.1. The lowest BCUT2D eigenvalue weighted by molar-refractivity contribution is 0.0767. The fourth-order valence-electron chi connectivity index (χ4n) is 2.51. The summed E-state index contributed by atoms with van der Waals surface area (Å²) in [5, 5.41) is 3.35. The molecule has 0 fully saturated rings. The van der Waals surface area contributed by atoms with Crippen LogP contribution in [0.4, 0.5) is 11.4 Å². The molecule has 0 saturated heterocycles. The predicted octanol–water partition coefficient (Wildman–Crippen LogP) is 3.92. The van der Waals surface area contributed by atoms with Gasteiger partial charge in [-0.3, -0.25) is 9.78 Å². The fraction of sp³-hybridized carbons (Fsp3) is 0.333. The Balaban J connectivity index is 2.23. The second-order valence-corrected chi connectivity index (χ2v) is 5.41. The van der Waals surface area contributed by atoms with Crippen molar-refractivity contribution in [2.75, 3.05) is 18.4 Å². The van der Waals surface area contributed by atoms with Crippen LogP contribution in [0.25, 0.3) is 0 Å². The van der Waals surface area contributed by atoms with Crippen LogP contribution in [-0.4, -0.2) is 28.9 Å². The SMILES string of the molecule is CCN(CC)C(=O)c1cc(Nc2cc(C)cc(C)c2)ccn1. The van der Waals surface area contributed by atoms with Gasteiger partial charge < -0.3 is 10.2 Å². The van der Waals surface area contributed by atoms with Gasteiger partial charge in [0.2, 0.25) is 0 Å². The highest BCUT2D eigenvalue weighted by molar-refractivity contribution is 5.93. The van der Waals surface area contributed by atoms with Crippen molar-refractivity contribution < 1.29 is 4.79 Å². The Bertz CT molecular complexity index is 643. The average molecular weight is 297 g/mol. The molecule has 4 heteroatoms. The highest BCUT2D eigenvalue weighted by Crippen LogP contribution is 2.20. The summed E-state index contributed by atoms with van der Waals surface area (Å²) >= 11 is 0. The van der Waals surface area contributed by atoms with Gasteiger partial charge in [0.05, 0.1) is 0 Å². The third kappa shape index (κ3) is 3.85. The van der Waals surface area contributed by atoms with E-state index in [2.05, 4.69) is 42.3 Å². The molecule has 0 radical (unpaired) electrons. The summed E-state index contributed by atoms with van der Waals surface area (Å²) in [4.78, 5) is 18.3. The number of hydrogen-bond donors (Lipinski definition) is 1. The van der Waals surface area contributed by atoms with Gasteiger partial charge in [0.1, 0.15) is 5.69 Å². The molecule has 0 atom stereocenters. The molecule has 2 rings (SSSR count). The van der Waals surface area contributed by atoms with Crippen molar-refractivity contribution in [1.82, 2.24) is 9.88 Å².